The van der Waals surface area contributed by atoms with Crippen molar-refractivity contribution in [2.24, 2.45) is 0 Å². The lowest BCUT2D eigenvalue weighted by molar-refractivity contribution is -0.116. The number of ether oxygens (including phenoxy) is 2. The number of carbonyl (C=O) groups is 1. The van der Waals surface area contributed by atoms with E-state index in [0.717, 1.165) is 45.4 Å². The van der Waals surface area contributed by atoms with Crippen LogP contribution in [-0.2, 0) is 9.53 Å². The minimum atomic E-state index is 0.0513. The van der Waals surface area contributed by atoms with Crippen molar-refractivity contribution in [1.29, 1.82) is 0 Å². The van der Waals surface area contributed by atoms with E-state index in [0.29, 0.717) is 12.3 Å². The van der Waals surface area contributed by atoms with Crippen LogP contribution in [-0.4, -0.2) is 43.0 Å². The highest BCUT2D eigenvalue weighted by atomic mass is 32.2. The third-order valence-corrected chi connectivity index (χ3v) is 6.69. The van der Waals surface area contributed by atoms with Crippen molar-refractivity contribution in [1.82, 2.24) is 4.98 Å². The summed E-state index contributed by atoms with van der Waals surface area (Å²) < 4.78 is 12.1. The zero-order valence-electron chi connectivity index (χ0n) is 15.7. The molecule has 1 aliphatic heterocycles. The predicted octanol–water partition coefficient (Wildman–Crippen LogP) is 4.61. The van der Waals surface area contributed by atoms with Crippen molar-refractivity contribution in [3.8, 4) is 5.75 Å². The Hall–Kier alpha value is -2.09. The molecule has 0 bridgehead atoms. The summed E-state index contributed by atoms with van der Waals surface area (Å²) in [5, 5.41) is 0.720. The summed E-state index contributed by atoms with van der Waals surface area (Å²) in [6, 6.07) is 15.8. The van der Waals surface area contributed by atoms with E-state index < -0.39 is 0 Å². The summed E-state index contributed by atoms with van der Waals surface area (Å²) in [7, 11) is 1.64. The van der Waals surface area contributed by atoms with Crippen molar-refractivity contribution >= 4 is 44.4 Å². The number of anilines is 1. The fourth-order valence-corrected chi connectivity index (χ4v) is 4.92. The Kier molecular flexibility index (Phi) is 6.14. The second-order valence-electron chi connectivity index (χ2n) is 6.57. The minimum absolute atomic E-state index is 0.0513. The average molecular weight is 415 g/mol. The number of hydrogen-bond donors (Lipinski definition) is 0. The Labute approximate surface area is 172 Å². The van der Waals surface area contributed by atoms with Gasteiger partial charge in [0.2, 0.25) is 5.91 Å². The van der Waals surface area contributed by atoms with Gasteiger partial charge >= 0.3 is 0 Å². The normalized spacial score (nSPS) is 16.4. The maximum Gasteiger partial charge on any atom is 0.239 e. The van der Waals surface area contributed by atoms with Gasteiger partial charge in [0.25, 0.3) is 0 Å². The van der Waals surface area contributed by atoms with Crippen molar-refractivity contribution in [3.05, 3.63) is 48.5 Å². The van der Waals surface area contributed by atoms with Crippen molar-refractivity contribution in [2.75, 3.05) is 30.9 Å². The highest BCUT2D eigenvalue weighted by molar-refractivity contribution is 8.00. The number of benzene rings is 2. The monoisotopic (exact) mass is 414 g/mol. The van der Waals surface area contributed by atoms with Crippen molar-refractivity contribution in [2.45, 2.75) is 23.8 Å². The molecule has 1 fully saturated rings. The number of aromatic nitrogens is 1. The lowest BCUT2D eigenvalue weighted by Crippen LogP contribution is -2.38. The van der Waals surface area contributed by atoms with Gasteiger partial charge in [-0.2, -0.15) is 0 Å². The van der Waals surface area contributed by atoms with Crippen LogP contribution >= 0.6 is 23.1 Å². The fourth-order valence-electron chi connectivity index (χ4n) is 3.16. The molecule has 28 heavy (non-hydrogen) atoms. The van der Waals surface area contributed by atoms with Crippen LogP contribution in [0.1, 0.15) is 12.8 Å². The SMILES string of the molecule is COc1ccc2sc(N(CC3CCCO3)C(=O)CSc3ccccc3)nc2c1. The Morgan fingerprint density at radius 3 is 2.93 bits per heavy atom. The van der Waals surface area contributed by atoms with Crippen molar-refractivity contribution < 1.29 is 14.3 Å². The molecule has 146 valence electrons. The third kappa shape index (κ3) is 4.48. The second-order valence-corrected chi connectivity index (χ2v) is 8.63. The van der Waals surface area contributed by atoms with E-state index in [-0.39, 0.29) is 12.0 Å². The number of rotatable bonds is 7. The second kappa shape index (κ2) is 8.94. The van der Waals surface area contributed by atoms with Gasteiger partial charge in [-0.3, -0.25) is 9.69 Å². The number of carbonyl (C=O) groups excluding carboxylic acids is 1. The number of methoxy groups -OCH3 is 1. The van der Waals surface area contributed by atoms with Gasteiger partial charge in [0.1, 0.15) is 5.75 Å². The van der Waals surface area contributed by atoms with Gasteiger partial charge in [-0.15, -0.1) is 11.8 Å². The molecule has 1 saturated heterocycles. The van der Waals surface area contributed by atoms with E-state index in [4.69, 9.17) is 14.5 Å². The van der Waals surface area contributed by atoms with Gasteiger partial charge in [0.05, 0.1) is 35.7 Å². The summed E-state index contributed by atoms with van der Waals surface area (Å²) in [5.41, 5.74) is 0.847. The fraction of sp³-hybridized carbons (Fsp3) is 0.333. The van der Waals surface area contributed by atoms with Gasteiger partial charge in [0, 0.05) is 17.6 Å². The lowest BCUT2D eigenvalue weighted by atomic mass is 10.2. The zero-order valence-corrected chi connectivity index (χ0v) is 17.3. The van der Waals surface area contributed by atoms with Crippen LogP contribution in [0.25, 0.3) is 10.2 Å². The molecular formula is C21H22N2O3S2. The Bertz CT molecular complexity index is 939. The standard InChI is InChI=1S/C21H22N2O3S2/c1-25-15-9-10-19-18(12-15)22-21(28-19)23(13-16-6-5-11-26-16)20(24)14-27-17-7-3-2-4-8-17/h2-4,7-10,12,16H,5-6,11,13-14H2,1H3. The molecule has 3 aromatic rings. The molecule has 1 amide bonds. The zero-order chi connectivity index (χ0) is 19.3. The first-order valence-electron chi connectivity index (χ1n) is 9.27. The molecule has 2 heterocycles. The molecule has 2 aromatic carbocycles. The van der Waals surface area contributed by atoms with Crippen LogP contribution in [0.2, 0.25) is 0 Å². The van der Waals surface area contributed by atoms with Gasteiger partial charge in [-0.25, -0.2) is 4.98 Å². The lowest BCUT2D eigenvalue weighted by Gasteiger charge is -2.23. The first-order valence-corrected chi connectivity index (χ1v) is 11.1. The van der Waals surface area contributed by atoms with E-state index in [1.165, 1.54) is 11.3 Å². The first-order chi connectivity index (χ1) is 13.7. The molecule has 0 radical (unpaired) electrons. The van der Waals surface area contributed by atoms with E-state index >= 15 is 0 Å². The predicted molar refractivity (Wildman–Crippen MR) is 115 cm³/mol. The summed E-state index contributed by atoms with van der Waals surface area (Å²) >= 11 is 3.08. The quantitative estimate of drug-likeness (QED) is 0.529. The molecule has 1 aliphatic rings. The first kappa shape index (κ1) is 19.2. The summed E-state index contributed by atoms with van der Waals surface area (Å²) in [4.78, 5) is 20.7. The molecule has 1 aromatic heterocycles. The molecular weight excluding hydrogens is 392 g/mol. The van der Waals surface area contributed by atoms with E-state index in [9.17, 15) is 4.79 Å². The third-order valence-electron chi connectivity index (χ3n) is 4.63. The molecule has 0 spiro atoms. The molecule has 7 heteroatoms. The van der Waals surface area contributed by atoms with Crippen molar-refractivity contribution in [3.63, 3.8) is 0 Å². The van der Waals surface area contributed by atoms with Gasteiger partial charge < -0.3 is 9.47 Å². The topological polar surface area (TPSA) is 51.7 Å². The highest BCUT2D eigenvalue weighted by Gasteiger charge is 2.26. The van der Waals surface area contributed by atoms with Crippen LogP contribution < -0.4 is 9.64 Å². The number of thioether (sulfide) groups is 1. The number of thiazole rings is 1. The van der Waals surface area contributed by atoms with E-state index in [1.807, 2.05) is 48.5 Å². The van der Waals surface area contributed by atoms with E-state index in [1.54, 1.807) is 23.8 Å². The Morgan fingerprint density at radius 2 is 2.18 bits per heavy atom. The Balaban J connectivity index is 1.56. The summed E-state index contributed by atoms with van der Waals surface area (Å²) in [5.74, 6) is 1.19. The highest BCUT2D eigenvalue weighted by Crippen LogP contribution is 2.32. The average Bonchev–Trinajstić information content (AvgIpc) is 3.39. The van der Waals surface area contributed by atoms with Gasteiger partial charge in [-0.1, -0.05) is 29.5 Å². The van der Waals surface area contributed by atoms with E-state index in [2.05, 4.69) is 0 Å². The van der Waals surface area contributed by atoms with Crippen LogP contribution in [0.5, 0.6) is 5.75 Å². The molecule has 5 nitrogen and oxygen atoms in total. The molecule has 4 rings (SSSR count). The van der Waals surface area contributed by atoms with Crippen LogP contribution in [0.15, 0.2) is 53.4 Å². The van der Waals surface area contributed by atoms with Gasteiger partial charge in [-0.05, 0) is 37.1 Å². The number of nitrogens with zero attached hydrogens (tertiary/aromatic N) is 2. The smallest absolute Gasteiger partial charge is 0.239 e. The number of fused-ring (bicyclic) bond motifs is 1. The minimum Gasteiger partial charge on any atom is -0.497 e. The summed E-state index contributed by atoms with van der Waals surface area (Å²) in [6.45, 7) is 1.31. The van der Waals surface area contributed by atoms with Crippen LogP contribution in [0.3, 0.4) is 0 Å². The maximum atomic E-state index is 13.1. The Morgan fingerprint density at radius 1 is 1.32 bits per heavy atom. The van der Waals surface area contributed by atoms with Crippen LogP contribution in [0.4, 0.5) is 5.13 Å². The molecule has 0 aliphatic carbocycles. The number of amides is 1. The molecule has 0 saturated carbocycles. The van der Waals surface area contributed by atoms with Gasteiger partial charge in [0.15, 0.2) is 5.13 Å². The maximum absolute atomic E-state index is 13.1. The van der Waals surface area contributed by atoms with Crippen LogP contribution in [0, 0.1) is 0 Å². The summed E-state index contributed by atoms with van der Waals surface area (Å²) in [6.07, 6.45) is 2.10. The molecule has 1 unspecified atom stereocenters. The number of hydrogen-bond acceptors (Lipinski definition) is 6. The molecule has 1 atom stereocenters. The molecule has 0 N–H and O–H groups in total. The largest absolute Gasteiger partial charge is 0.497 e.